The first-order valence-electron chi connectivity index (χ1n) is 5.86. The second-order valence-electron chi connectivity index (χ2n) is 4.63. The summed E-state index contributed by atoms with van der Waals surface area (Å²) in [7, 11) is -14.5. The Hall–Kier alpha value is 0.570. The van der Waals surface area contributed by atoms with E-state index in [1.807, 2.05) is 0 Å². The van der Waals surface area contributed by atoms with Gasteiger partial charge in [0.1, 0.15) is 0 Å². The number of aliphatic hydroxyl groups excluding tert-OH is 3. The Morgan fingerprint density at radius 3 is 1.39 bits per heavy atom. The molecule has 7 atom stereocenters. The van der Waals surface area contributed by atoms with E-state index in [4.69, 9.17) is 34.3 Å². The summed E-state index contributed by atoms with van der Waals surface area (Å²) < 4.78 is 23.5. The van der Waals surface area contributed by atoms with Crippen molar-refractivity contribution in [3.05, 3.63) is 0 Å². The van der Waals surface area contributed by atoms with Crippen molar-refractivity contribution in [2.45, 2.75) is 36.6 Å². The fourth-order valence-electron chi connectivity index (χ4n) is 2.06. The summed E-state index contributed by atoms with van der Waals surface area (Å²) in [5, 5.41) is 29.5. The molecule has 7 unspecified atom stereocenters. The first kappa shape index (κ1) is 21.6. The number of hydrogen-bond acceptors (Lipinski definition) is 13. The van der Waals surface area contributed by atoms with E-state index < -0.39 is 61.2 Å². The molecule has 1 aliphatic carbocycles. The van der Waals surface area contributed by atoms with Crippen molar-refractivity contribution in [1.29, 1.82) is 0 Å². The van der Waals surface area contributed by atoms with Crippen LogP contribution in [0.15, 0.2) is 0 Å². The van der Waals surface area contributed by atoms with Crippen LogP contribution < -0.4 is 0 Å². The quantitative estimate of drug-likeness (QED) is 0.186. The third-order valence-corrected chi connectivity index (χ3v) is 4.50. The molecule has 0 aromatic carbocycles. The zero-order chi connectivity index (χ0) is 18.2. The molecule has 1 rings (SSSR count). The number of hydrogen-bond donors (Lipinski definition) is 10. The SMILES string of the molecule is O=[PH](O)OC1C(O)C(O)C(O[PH](O)(O)O)C(O[PH](O)(O)O)C1O. The van der Waals surface area contributed by atoms with Crippen LogP contribution in [0.4, 0.5) is 0 Å². The Labute approximate surface area is 130 Å². The third kappa shape index (κ3) is 6.42. The van der Waals surface area contributed by atoms with E-state index in [-0.39, 0.29) is 0 Å². The molecule has 1 aliphatic rings. The molecule has 0 heterocycles. The molecule has 0 aromatic heterocycles. The maximum atomic E-state index is 10.7. The molecular formula is C6H19O14P3. The van der Waals surface area contributed by atoms with Crippen LogP contribution >= 0.6 is 24.6 Å². The van der Waals surface area contributed by atoms with Crippen molar-refractivity contribution < 1.29 is 67.7 Å². The molecule has 23 heavy (non-hydrogen) atoms. The van der Waals surface area contributed by atoms with Crippen molar-refractivity contribution in [2.24, 2.45) is 0 Å². The van der Waals surface area contributed by atoms with Crippen LogP contribution in [0.3, 0.4) is 0 Å². The predicted octanol–water partition coefficient (Wildman–Crippen LogP) is -4.61. The topological polar surface area (TPSA) is 247 Å². The first-order valence-corrected chi connectivity index (χ1v) is 10.6. The summed E-state index contributed by atoms with van der Waals surface area (Å²) in [4.78, 5) is 62.1. The van der Waals surface area contributed by atoms with Crippen LogP contribution in [0.5, 0.6) is 0 Å². The Kier molecular flexibility index (Phi) is 7.38. The monoisotopic (exact) mass is 408 g/mol. The second kappa shape index (κ2) is 7.85. The summed E-state index contributed by atoms with van der Waals surface area (Å²) >= 11 is 0. The summed E-state index contributed by atoms with van der Waals surface area (Å²) in [6.07, 6.45) is -12.9. The van der Waals surface area contributed by atoms with Crippen LogP contribution in [0.25, 0.3) is 0 Å². The minimum absolute atomic E-state index is 1.99. The van der Waals surface area contributed by atoms with Gasteiger partial charge < -0.3 is 0 Å². The molecule has 17 heteroatoms. The number of rotatable bonds is 6. The average molecular weight is 408 g/mol. The standard InChI is InChI=1S/C6H19O14P3/c7-1-2(8)5(19-22(12,13)14)6(20-23(15,16)17)3(9)4(1)18-21(10)11/h1-9,12-17,21-23H,(H,10,11). The second-order valence-corrected chi connectivity index (χ2v) is 8.17. The van der Waals surface area contributed by atoms with Crippen molar-refractivity contribution in [3.63, 3.8) is 0 Å². The Bertz CT molecular complexity index is 420. The van der Waals surface area contributed by atoms with E-state index in [9.17, 15) is 19.9 Å². The average Bonchev–Trinajstić information content (AvgIpc) is 2.33. The molecule has 14 nitrogen and oxygen atoms in total. The molecule has 0 aliphatic heterocycles. The van der Waals surface area contributed by atoms with E-state index in [2.05, 4.69) is 13.6 Å². The van der Waals surface area contributed by atoms with Crippen molar-refractivity contribution in [2.75, 3.05) is 0 Å². The molecule has 0 spiro atoms. The van der Waals surface area contributed by atoms with Gasteiger partial charge in [0, 0.05) is 0 Å². The van der Waals surface area contributed by atoms with Gasteiger partial charge in [-0.3, -0.25) is 0 Å². The maximum absolute atomic E-state index is 10.7. The van der Waals surface area contributed by atoms with Gasteiger partial charge in [-0.1, -0.05) is 0 Å². The van der Waals surface area contributed by atoms with E-state index in [1.165, 1.54) is 0 Å². The fraction of sp³-hybridized carbons (Fsp3) is 1.00. The van der Waals surface area contributed by atoms with Crippen LogP contribution in [0, 0.1) is 0 Å². The molecular weight excluding hydrogens is 389 g/mol. The molecule has 0 saturated heterocycles. The Balaban J connectivity index is 3.14. The van der Waals surface area contributed by atoms with Gasteiger partial charge in [-0.05, 0) is 0 Å². The minimum atomic E-state index is -5.37. The Morgan fingerprint density at radius 1 is 0.696 bits per heavy atom. The van der Waals surface area contributed by atoms with Crippen molar-refractivity contribution in [3.8, 4) is 0 Å². The Morgan fingerprint density at radius 2 is 1.04 bits per heavy atom. The van der Waals surface area contributed by atoms with Gasteiger partial charge in [-0.2, -0.15) is 0 Å². The van der Waals surface area contributed by atoms with Crippen LogP contribution in [-0.4, -0.2) is 86.2 Å². The molecule has 0 radical (unpaired) electrons. The van der Waals surface area contributed by atoms with Gasteiger partial charge in [0.25, 0.3) is 0 Å². The molecule has 142 valence electrons. The fourth-order valence-corrected chi connectivity index (χ4v) is 3.85. The van der Waals surface area contributed by atoms with Crippen molar-refractivity contribution in [1.82, 2.24) is 0 Å². The van der Waals surface area contributed by atoms with Gasteiger partial charge in [-0.25, -0.2) is 0 Å². The van der Waals surface area contributed by atoms with Crippen LogP contribution in [0.2, 0.25) is 0 Å². The summed E-state index contributed by atoms with van der Waals surface area (Å²) in [5.41, 5.74) is 0. The third-order valence-electron chi connectivity index (χ3n) is 2.85. The molecule has 0 aromatic rings. The van der Waals surface area contributed by atoms with E-state index >= 15 is 0 Å². The molecule has 10 N–H and O–H groups in total. The number of aliphatic hydroxyl groups is 3. The molecule has 0 bridgehead atoms. The summed E-state index contributed by atoms with van der Waals surface area (Å²) in [6.45, 7) is 0. The van der Waals surface area contributed by atoms with Gasteiger partial charge in [0.05, 0.1) is 0 Å². The summed E-state index contributed by atoms with van der Waals surface area (Å²) in [6, 6.07) is 0. The molecule has 0 amide bonds. The van der Waals surface area contributed by atoms with E-state index in [1.54, 1.807) is 0 Å². The van der Waals surface area contributed by atoms with Crippen LogP contribution in [0.1, 0.15) is 0 Å². The van der Waals surface area contributed by atoms with Crippen molar-refractivity contribution >= 4 is 24.6 Å². The summed E-state index contributed by atoms with van der Waals surface area (Å²) in [5.74, 6) is 0. The van der Waals surface area contributed by atoms with Gasteiger partial charge >= 0.3 is 129 Å². The van der Waals surface area contributed by atoms with Gasteiger partial charge in [0.15, 0.2) is 0 Å². The van der Waals surface area contributed by atoms with Crippen LogP contribution in [-0.2, 0) is 18.1 Å². The molecule has 1 fully saturated rings. The van der Waals surface area contributed by atoms with E-state index in [0.29, 0.717) is 0 Å². The predicted molar refractivity (Wildman–Crippen MR) is 73.8 cm³/mol. The zero-order valence-corrected chi connectivity index (χ0v) is 14.1. The van der Waals surface area contributed by atoms with Gasteiger partial charge in [-0.15, -0.1) is 0 Å². The molecule has 1 saturated carbocycles. The van der Waals surface area contributed by atoms with Gasteiger partial charge in [0.2, 0.25) is 0 Å². The first-order chi connectivity index (χ1) is 10.2. The normalized spacial score (nSPS) is 39.0. The zero-order valence-electron chi connectivity index (χ0n) is 11.1. The van der Waals surface area contributed by atoms with E-state index in [0.717, 1.165) is 0 Å².